The largest absolute Gasteiger partial charge is 0.493 e. The zero-order valence-corrected chi connectivity index (χ0v) is 13.6. The van der Waals surface area contributed by atoms with Crippen molar-refractivity contribution in [1.29, 1.82) is 0 Å². The fourth-order valence-corrected chi connectivity index (χ4v) is 2.21. The van der Waals surface area contributed by atoms with Crippen LogP contribution in [0.15, 0.2) is 12.1 Å². The quantitative estimate of drug-likeness (QED) is 0.814. The van der Waals surface area contributed by atoms with Crippen molar-refractivity contribution >= 4 is 0 Å². The molecule has 0 saturated carbocycles. The minimum absolute atomic E-state index is 0.0164. The number of nitrogens with zero attached hydrogens (tertiary/aromatic N) is 2. The molecule has 7 heteroatoms. The summed E-state index contributed by atoms with van der Waals surface area (Å²) in [7, 11) is 4.81. The summed E-state index contributed by atoms with van der Waals surface area (Å²) >= 11 is 0. The van der Waals surface area contributed by atoms with Gasteiger partial charge in [-0.3, -0.25) is 5.10 Å². The highest BCUT2D eigenvalue weighted by Crippen LogP contribution is 2.39. The van der Waals surface area contributed by atoms with Crippen molar-refractivity contribution in [2.75, 3.05) is 21.3 Å². The van der Waals surface area contributed by atoms with Crippen molar-refractivity contribution in [3.63, 3.8) is 0 Å². The van der Waals surface area contributed by atoms with Crippen molar-refractivity contribution in [2.45, 2.75) is 26.4 Å². The van der Waals surface area contributed by atoms with Gasteiger partial charge in [0.1, 0.15) is 5.82 Å². The number of aromatic amines is 1. The fourth-order valence-electron chi connectivity index (χ4n) is 2.21. The first-order valence-corrected chi connectivity index (χ1v) is 7.00. The molecular weight excluding hydrogens is 284 g/mol. The van der Waals surface area contributed by atoms with Gasteiger partial charge in [-0.2, -0.15) is 5.10 Å². The number of H-pyrrole nitrogens is 1. The van der Waals surface area contributed by atoms with Crippen LogP contribution in [0, 0.1) is 6.92 Å². The van der Waals surface area contributed by atoms with E-state index in [1.165, 1.54) is 0 Å². The van der Waals surface area contributed by atoms with Gasteiger partial charge < -0.3 is 19.5 Å². The molecule has 7 nitrogen and oxygen atoms in total. The number of aromatic nitrogens is 3. The van der Waals surface area contributed by atoms with Gasteiger partial charge in [0.05, 0.1) is 27.4 Å². The van der Waals surface area contributed by atoms with E-state index in [4.69, 9.17) is 14.2 Å². The van der Waals surface area contributed by atoms with E-state index < -0.39 is 0 Å². The van der Waals surface area contributed by atoms with Crippen molar-refractivity contribution < 1.29 is 14.2 Å². The number of methoxy groups -OCH3 is 3. The van der Waals surface area contributed by atoms with E-state index in [2.05, 4.69) is 20.5 Å². The highest BCUT2D eigenvalue weighted by molar-refractivity contribution is 5.55. The molecule has 0 fully saturated rings. The molecule has 1 aromatic carbocycles. The zero-order chi connectivity index (χ0) is 16.1. The number of rotatable bonds is 7. The monoisotopic (exact) mass is 306 g/mol. The van der Waals surface area contributed by atoms with E-state index in [1.807, 2.05) is 26.0 Å². The number of aryl methyl sites for hydroxylation is 1. The minimum atomic E-state index is 0.0164. The topological polar surface area (TPSA) is 81.3 Å². The number of ether oxygens (including phenoxy) is 3. The first kappa shape index (κ1) is 16.1. The van der Waals surface area contributed by atoms with Crippen LogP contribution >= 0.6 is 0 Å². The highest BCUT2D eigenvalue weighted by atomic mass is 16.5. The molecule has 1 heterocycles. The van der Waals surface area contributed by atoms with Crippen LogP contribution < -0.4 is 19.5 Å². The molecule has 22 heavy (non-hydrogen) atoms. The number of hydrogen-bond donors (Lipinski definition) is 2. The number of nitrogens with one attached hydrogen (secondary N) is 2. The molecule has 1 aromatic heterocycles. The normalized spacial score (nSPS) is 12.0. The van der Waals surface area contributed by atoms with E-state index in [0.717, 1.165) is 17.2 Å². The molecule has 1 atom stereocenters. The summed E-state index contributed by atoms with van der Waals surface area (Å²) in [6.07, 6.45) is 0. The van der Waals surface area contributed by atoms with Crippen LogP contribution in [-0.4, -0.2) is 36.5 Å². The van der Waals surface area contributed by atoms with Gasteiger partial charge >= 0.3 is 0 Å². The Hall–Kier alpha value is -2.28. The predicted molar refractivity (Wildman–Crippen MR) is 82.5 cm³/mol. The first-order chi connectivity index (χ1) is 10.6. The van der Waals surface area contributed by atoms with Crippen LogP contribution in [0.5, 0.6) is 17.2 Å². The van der Waals surface area contributed by atoms with Crippen LogP contribution in [0.3, 0.4) is 0 Å². The third-order valence-corrected chi connectivity index (χ3v) is 3.39. The summed E-state index contributed by atoms with van der Waals surface area (Å²) in [5.74, 6) is 3.42. The summed E-state index contributed by atoms with van der Waals surface area (Å²) in [6.45, 7) is 4.48. The minimum Gasteiger partial charge on any atom is -0.493 e. The highest BCUT2D eigenvalue weighted by Gasteiger charge is 2.17. The molecular formula is C15H22N4O3. The second-order valence-corrected chi connectivity index (χ2v) is 4.88. The van der Waals surface area contributed by atoms with Gasteiger partial charge in [0.25, 0.3) is 0 Å². The van der Waals surface area contributed by atoms with Crippen LogP contribution in [0.25, 0.3) is 0 Å². The van der Waals surface area contributed by atoms with E-state index >= 15 is 0 Å². The van der Waals surface area contributed by atoms with E-state index in [0.29, 0.717) is 23.8 Å². The summed E-state index contributed by atoms with van der Waals surface area (Å²) < 4.78 is 16.1. The maximum atomic E-state index is 5.47. The Morgan fingerprint density at radius 2 is 1.86 bits per heavy atom. The van der Waals surface area contributed by atoms with E-state index in [-0.39, 0.29) is 6.04 Å². The lowest BCUT2D eigenvalue weighted by Gasteiger charge is -2.17. The second kappa shape index (κ2) is 7.13. The molecule has 2 N–H and O–H groups in total. The number of hydrogen-bond acceptors (Lipinski definition) is 6. The van der Waals surface area contributed by atoms with Gasteiger partial charge in [-0.1, -0.05) is 6.07 Å². The van der Waals surface area contributed by atoms with Crippen LogP contribution in [0.1, 0.15) is 30.2 Å². The van der Waals surface area contributed by atoms with Crippen molar-refractivity contribution in [3.05, 3.63) is 29.3 Å². The third kappa shape index (κ3) is 3.30. The lowest BCUT2D eigenvalue weighted by molar-refractivity contribution is 0.321. The van der Waals surface area contributed by atoms with Gasteiger partial charge in [-0.25, -0.2) is 4.98 Å². The molecule has 2 aromatic rings. The molecule has 0 spiro atoms. The molecule has 0 saturated heterocycles. The Kier molecular flexibility index (Phi) is 5.21. The molecule has 0 bridgehead atoms. The Balaban J connectivity index is 2.15. The third-order valence-electron chi connectivity index (χ3n) is 3.39. The molecule has 0 radical (unpaired) electrons. The van der Waals surface area contributed by atoms with E-state index in [9.17, 15) is 0 Å². The number of benzene rings is 1. The average Bonchev–Trinajstić information content (AvgIpc) is 2.97. The molecule has 0 aliphatic carbocycles. The summed E-state index contributed by atoms with van der Waals surface area (Å²) in [4.78, 5) is 4.32. The van der Waals surface area contributed by atoms with E-state index in [1.54, 1.807) is 21.3 Å². The lowest BCUT2D eigenvalue weighted by atomic mass is 10.1. The fraction of sp³-hybridized carbons (Fsp3) is 0.467. The van der Waals surface area contributed by atoms with Crippen molar-refractivity contribution in [3.8, 4) is 17.2 Å². The maximum Gasteiger partial charge on any atom is 0.203 e. The zero-order valence-electron chi connectivity index (χ0n) is 13.6. The Morgan fingerprint density at radius 1 is 1.14 bits per heavy atom. The molecule has 0 aliphatic rings. The predicted octanol–water partition coefficient (Wildman–Crippen LogP) is 1.99. The van der Waals surface area contributed by atoms with Gasteiger partial charge in [0, 0.05) is 12.1 Å². The van der Waals surface area contributed by atoms with Crippen LogP contribution in [-0.2, 0) is 6.54 Å². The Morgan fingerprint density at radius 3 is 2.41 bits per heavy atom. The molecule has 0 amide bonds. The van der Waals surface area contributed by atoms with Crippen molar-refractivity contribution in [2.24, 2.45) is 0 Å². The second-order valence-electron chi connectivity index (χ2n) is 4.88. The van der Waals surface area contributed by atoms with Gasteiger partial charge in [-0.05, 0) is 19.9 Å². The Labute approximate surface area is 130 Å². The van der Waals surface area contributed by atoms with Crippen LogP contribution in [0.2, 0.25) is 0 Å². The van der Waals surface area contributed by atoms with Gasteiger partial charge in [0.15, 0.2) is 17.3 Å². The van der Waals surface area contributed by atoms with Gasteiger partial charge in [-0.15, -0.1) is 0 Å². The van der Waals surface area contributed by atoms with Crippen molar-refractivity contribution in [1.82, 2.24) is 20.5 Å². The molecule has 0 aliphatic heterocycles. The first-order valence-electron chi connectivity index (χ1n) is 7.00. The molecule has 120 valence electrons. The smallest absolute Gasteiger partial charge is 0.203 e. The van der Waals surface area contributed by atoms with Gasteiger partial charge in [0.2, 0.25) is 5.75 Å². The SMILES string of the molecule is COc1ccc(CNC(C)c2n[nH]c(C)n2)c(OC)c1OC. The maximum absolute atomic E-state index is 5.47. The standard InChI is InChI=1S/C15H22N4O3/c1-9(15-17-10(2)18-19-15)16-8-11-6-7-12(20-3)14(22-5)13(11)21-4/h6-7,9,16H,8H2,1-5H3,(H,17,18,19). The van der Waals surface area contributed by atoms with Crippen LogP contribution in [0.4, 0.5) is 0 Å². The average molecular weight is 306 g/mol. The lowest BCUT2D eigenvalue weighted by Crippen LogP contribution is -2.19. The Bertz CT molecular complexity index is 627. The summed E-state index contributed by atoms with van der Waals surface area (Å²) in [6, 6.07) is 3.83. The molecule has 2 rings (SSSR count). The molecule has 1 unspecified atom stereocenters. The summed E-state index contributed by atoms with van der Waals surface area (Å²) in [5, 5.41) is 10.4. The summed E-state index contributed by atoms with van der Waals surface area (Å²) in [5.41, 5.74) is 0.972.